The lowest BCUT2D eigenvalue weighted by Crippen LogP contribution is -2.37. The van der Waals surface area contributed by atoms with Gasteiger partial charge in [0.25, 0.3) is 5.91 Å². The van der Waals surface area contributed by atoms with Crippen LogP contribution >= 0.6 is 0 Å². The molecule has 0 unspecified atom stereocenters. The summed E-state index contributed by atoms with van der Waals surface area (Å²) in [6.45, 7) is 4.76. The van der Waals surface area contributed by atoms with Crippen molar-refractivity contribution in [2.45, 2.75) is 12.6 Å². The van der Waals surface area contributed by atoms with E-state index in [4.69, 9.17) is 9.47 Å². The third-order valence-electron chi connectivity index (χ3n) is 5.77. The van der Waals surface area contributed by atoms with Crippen molar-refractivity contribution in [2.75, 3.05) is 44.8 Å². The maximum atomic E-state index is 13.0. The topological polar surface area (TPSA) is 68.6 Å². The summed E-state index contributed by atoms with van der Waals surface area (Å²) < 4.78 is 52.2. The zero-order valence-corrected chi connectivity index (χ0v) is 19.3. The highest BCUT2D eigenvalue weighted by molar-refractivity contribution is 6.04. The molecule has 0 spiro atoms. The molecule has 0 saturated carbocycles. The van der Waals surface area contributed by atoms with Crippen LogP contribution in [-0.2, 0) is 18.0 Å². The SMILES string of the molecule is Cn1nccc1-c1cc(NC(=O)c2cccc(C(F)(F)F)c2)ccc1OCCCN1CCOCC1. The van der Waals surface area contributed by atoms with Crippen LogP contribution in [-0.4, -0.2) is 60.0 Å². The molecule has 7 nitrogen and oxygen atoms in total. The number of aryl methyl sites for hydroxylation is 1. The average Bonchev–Trinajstić information content (AvgIpc) is 3.28. The third kappa shape index (κ3) is 6.40. The maximum Gasteiger partial charge on any atom is 0.416 e. The Hall–Kier alpha value is -3.37. The standard InChI is InChI=1S/C25H27F3N4O3/c1-31-22(8-9-29-31)21-17-20(30-24(33)18-4-2-5-19(16-18)25(26,27)28)6-7-23(21)35-13-3-10-32-11-14-34-15-12-32/h2,4-9,16-17H,3,10-15H2,1H3,(H,30,33). The van der Waals surface area contributed by atoms with Crippen LogP contribution in [0.1, 0.15) is 22.3 Å². The molecule has 0 radical (unpaired) electrons. The second kappa shape index (κ2) is 10.9. The van der Waals surface area contributed by atoms with Crippen LogP contribution < -0.4 is 10.1 Å². The number of nitrogens with one attached hydrogen (secondary N) is 1. The molecule has 1 aliphatic rings. The minimum Gasteiger partial charge on any atom is -0.493 e. The summed E-state index contributed by atoms with van der Waals surface area (Å²) in [7, 11) is 1.80. The molecule has 4 rings (SSSR count). The zero-order chi connectivity index (χ0) is 24.8. The summed E-state index contributed by atoms with van der Waals surface area (Å²) in [4.78, 5) is 15.0. The highest BCUT2D eigenvalue weighted by atomic mass is 19.4. The van der Waals surface area contributed by atoms with E-state index in [1.165, 1.54) is 12.1 Å². The second-order valence-electron chi connectivity index (χ2n) is 8.24. The van der Waals surface area contributed by atoms with Gasteiger partial charge in [0.2, 0.25) is 0 Å². The first kappa shape index (κ1) is 24.7. The highest BCUT2D eigenvalue weighted by Crippen LogP contribution is 2.33. The van der Waals surface area contributed by atoms with Gasteiger partial charge in [-0.3, -0.25) is 14.4 Å². The van der Waals surface area contributed by atoms with E-state index in [-0.39, 0.29) is 5.56 Å². The number of nitrogens with zero attached hydrogens (tertiary/aromatic N) is 3. The number of anilines is 1. The van der Waals surface area contributed by atoms with E-state index in [0.29, 0.717) is 18.0 Å². The van der Waals surface area contributed by atoms with Gasteiger partial charge in [-0.15, -0.1) is 0 Å². The molecule has 1 N–H and O–H groups in total. The van der Waals surface area contributed by atoms with E-state index in [1.54, 1.807) is 36.1 Å². The summed E-state index contributed by atoms with van der Waals surface area (Å²) in [5.41, 5.74) is 0.984. The number of carbonyl (C=O) groups is 1. The quantitative estimate of drug-likeness (QED) is 0.475. The van der Waals surface area contributed by atoms with Crippen molar-refractivity contribution < 1.29 is 27.4 Å². The van der Waals surface area contributed by atoms with Gasteiger partial charge in [-0.2, -0.15) is 18.3 Å². The Kier molecular flexibility index (Phi) is 7.72. The number of halogens is 3. The van der Waals surface area contributed by atoms with E-state index in [9.17, 15) is 18.0 Å². The largest absolute Gasteiger partial charge is 0.493 e. The molecular weight excluding hydrogens is 461 g/mol. The number of morpholine rings is 1. The number of ether oxygens (including phenoxy) is 2. The van der Waals surface area contributed by atoms with Crippen molar-refractivity contribution in [1.29, 1.82) is 0 Å². The lowest BCUT2D eigenvalue weighted by Gasteiger charge is -2.26. The summed E-state index contributed by atoms with van der Waals surface area (Å²) in [5.74, 6) is -0.00104. The van der Waals surface area contributed by atoms with Crippen molar-refractivity contribution in [2.24, 2.45) is 7.05 Å². The van der Waals surface area contributed by atoms with Gasteiger partial charge in [0.05, 0.1) is 31.1 Å². The predicted octanol–water partition coefficient (Wildman–Crippen LogP) is 4.46. The van der Waals surface area contributed by atoms with E-state index >= 15 is 0 Å². The minimum absolute atomic E-state index is 0.0784. The number of carbonyl (C=O) groups excluding carboxylic acids is 1. The fraction of sp³-hybridized carbons (Fsp3) is 0.360. The van der Waals surface area contributed by atoms with Crippen LogP contribution in [0.2, 0.25) is 0 Å². The van der Waals surface area contributed by atoms with E-state index in [1.807, 2.05) is 6.07 Å². The van der Waals surface area contributed by atoms with E-state index < -0.39 is 17.6 Å². The number of rotatable bonds is 8. The number of hydrogen-bond donors (Lipinski definition) is 1. The van der Waals surface area contributed by atoms with Gasteiger partial charge in [0.1, 0.15) is 5.75 Å². The summed E-state index contributed by atoms with van der Waals surface area (Å²) >= 11 is 0. The van der Waals surface area contributed by atoms with E-state index in [0.717, 1.165) is 62.7 Å². The molecule has 3 aromatic rings. The molecule has 35 heavy (non-hydrogen) atoms. The number of benzene rings is 2. The van der Waals surface area contributed by atoms with Gasteiger partial charge in [0.15, 0.2) is 0 Å². The summed E-state index contributed by atoms with van der Waals surface area (Å²) in [6.07, 6.45) is -2.02. The lowest BCUT2D eigenvalue weighted by atomic mass is 10.1. The average molecular weight is 489 g/mol. The summed E-state index contributed by atoms with van der Waals surface area (Å²) in [6, 6.07) is 11.3. The molecule has 2 aromatic carbocycles. The van der Waals surface area contributed by atoms with Crippen molar-refractivity contribution in [3.05, 3.63) is 65.9 Å². The van der Waals surface area contributed by atoms with Crippen LogP contribution in [0, 0.1) is 0 Å². The minimum atomic E-state index is -4.52. The van der Waals surface area contributed by atoms with Crippen molar-refractivity contribution in [1.82, 2.24) is 14.7 Å². The lowest BCUT2D eigenvalue weighted by molar-refractivity contribution is -0.137. The monoisotopic (exact) mass is 488 g/mol. The molecule has 0 bridgehead atoms. The smallest absolute Gasteiger partial charge is 0.416 e. The maximum absolute atomic E-state index is 13.0. The zero-order valence-electron chi connectivity index (χ0n) is 19.3. The molecule has 1 saturated heterocycles. The molecule has 1 amide bonds. The Morgan fingerprint density at radius 2 is 1.94 bits per heavy atom. The normalized spacial score (nSPS) is 14.6. The Morgan fingerprint density at radius 3 is 2.66 bits per heavy atom. The van der Waals surface area contributed by atoms with Crippen molar-refractivity contribution in [3.8, 4) is 17.0 Å². The van der Waals surface area contributed by atoms with Crippen LogP contribution in [0.5, 0.6) is 5.75 Å². The van der Waals surface area contributed by atoms with Crippen LogP contribution in [0.3, 0.4) is 0 Å². The van der Waals surface area contributed by atoms with Crippen molar-refractivity contribution in [3.63, 3.8) is 0 Å². The van der Waals surface area contributed by atoms with Crippen LogP contribution in [0.4, 0.5) is 18.9 Å². The first-order valence-corrected chi connectivity index (χ1v) is 11.4. The fourth-order valence-electron chi connectivity index (χ4n) is 3.91. The van der Waals surface area contributed by atoms with Crippen LogP contribution in [0.15, 0.2) is 54.7 Å². The first-order chi connectivity index (χ1) is 16.8. The number of aromatic nitrogens is 2. The Bertz CT molecular complexity index is 1160. The third-order valence-corrected chi connectivity index (χ3v) is 5.77. The Morgan fingerprint density at radius 1 is 1.14 bits per heavy atom. The van der Waals surface area contributed by atoms with Gasteiger partial charge in [-0.1, -0.05) is 6.07 Å². The second-order valence-corrected chi connectivity index (χ2v) is 8.24. The van der Waals surface area contributed by atoms with Gasteiger partial charge >= 0.3 is 6.18 Å². The fourth-order valence-corrected chi connectivity index (χ4v) is 3.91. The van der Waals surface area contributed by atoms with Gasteiger partial charge in [-0.25, -0.2) is 0 Å². The Labute approximate surface area is 201 Å². The number of hydrogen-bond acceptors (Lipinski definition) is 5. The molecule has 1 aliphatic heterocycles. The first-order valence-electron chi connectivity index (χ1n) is 11.4. The molecule has 186 valence electrons. The number of alkyl halides is 3. The molecule has 1 fully saturated rings. The molecule has 1 aromatic heterocycles. The van der Waals surface area contributed by atoms with Gasteiger partial charge in [-0.05, 0) is 48.9 Å². The van der Waals surface area contributed by atoms with E-state index in [2.05, 4.69) is 15.3 Å². The Balaban J connectivity index is 1.48. The van der Waals surface area contributed by atoms with Crippen molar-refractivity contribution >= 4 is 11.6 Å². The highest BCUT2D eigenvalue weighted by Gasteiger charge is 2.31. The van der Waals surface area contributed by atoms with Gasteiger partial charge in [0, 0.05) is 49.7 Å². The number of amides is 1. The van der Waals surface area contributed by atoms with Crippen LogP contribution in [0.25, 0.3) is 11.3 Å². The molecule has 0 atom stereocenters. The molecule has 10 heteroatoms. The predicted molar refractivity (Wildman–Crippen MR) is 125 cm³/mol. The molecule has 0 aliphatic carbocycles. The molecule has 2 heterocycles. The van der Waals surface area contributed by atoms with Gasteiger partial charge < -0.3 is 14.8 Å². The summed E-state index contributed by atoms with van der Waals surface area (Å²) in [5, 5.41) is 6.90. The molecular formula is C25H27F3N4O3.